The summed E-state index contributed by atoms with van der Waals surface area (Å²) in [4.78, 5) is 0. The number of hydrogen-bond acceptors (Lipinski definition) is 4. The molecule has 1 saturated heterocycles. The summed E-state index contributed by atoms with van der Waals surface area (Å²) in [6.45, 7) is 13.3. The highest BCUT2D eigenvalue weighted by Gasteiger charge is 2.11. The molecular formula is C10H24N4. The molecule has 0 aromatic rings. The quantitative estimate of drug-likeness (QED) is 0.657. The maximum absolute atomic E-state index is 3.43. The smallest absolute Gasteiger partial charge is 0.0259 e. The van der Waals surface area contributed by atoms with Crippen molar-refractivity contribution in [3.8, 4) is 0 Å². The normalized spacial score (nSPS) is 21.6. The van der Waals surface area contributed by atoms with Gasteiger partial charge in [0.05, 0.1) is 0 Å². The highest BCUT2D eigenvalue weighted by molar-refractivity contribution is 4.64. The van der Waals surface area contributed by atoms with E-state index in [9.17, 15) is 0 Å². The van der Waals surface area contributed by atoms with Crippen molar-refractivity contribution in [2.24, 2.45) is 0 Å². The predicted molar refractivity (Wildman–Crippen MR) is 60.2 cm³/mol. The van der Waals surface area contributed by atoms with Crippen molar-refractivity contribution in [3.05, 3.63) is 0 Å². The van der Waals surface area contributed by atoms with Gasteiger partial charge in [-0.2, -0.15) is 0 Å². The van der Waals surface area contributed by atoms with E-state index in [1.807, 2.05) is 0 Å². The van der Waals surface area contributed by atoms with Gasteiger partial charge in [-0.25, -0.2) is 10.0 Å². The lowest BCUT2D eigenvalue weighted by molar-refractivity contribution is -0.0127. The molecule has 0 saturated carbocycles. The van der Waals surface area contributed by atoms with Gasteiger partial charge in [-0.05, 0) is 0 Å². The summed E-state index contributed by atoms with van der Waals surface area (Å²) in [6, 6.07) is 0. The third-order valence-corrected chi connectivity index (χ3v) is 2.70. The number of hydrogen-bond donors (Lipinski definition) is 2. The van der Waals surface area contributed by atoms with Gasteiger partial charge in [0, 0.05) is 52.4 Å². The Morgan fingerprint density at radius 2 is 1.43 bits per heavy atom. The van der Waals surface area contributed by atoms with E-state index < -0.39 is 0 Å². The van der Waals surface area contributed by atoms with E-state index in [1.165, 1.54) is 0 Å². The zero-order valence-electron chi connectivity index (χ0n) is 9.55. The molecule has 1 fully saturated rings. The van der Waals surface area contributed by atoms with Crippen LogP contribution in [0.4, 0.5) is 0 Å². The molecule has 1 aliphatic rings. The van der Waals surface area contributed by atoms with Crippen LogP contribution in [0.25, 0.3) is 0 Å². The average Bonchev–Trinajstić information content (AvgIpc) is 2.34. The second-order valence-corrected chi connectivity index (χ2v) is 3.59. The first-order valence-corrected chi connectivity index (χ1v) is 5.79. The van der Waals surface area contributed by atoms with Crippen LogP contribution in [0.15, 0.2) is 0 Å². The Balaban J connectivity index is 2.37. The third kappa shape index (κ3) is 3.92. The number of rotatable bonds is 3. The van der Waals surface area contributed by atoms with Gasteiger partial charge in [0.1, 0.15) is 0 Å². The Morgan fingerprint density at radius 1 is 0.929 bits per heavy atom. The van der Waals surface area contributed by atoms with E-state index in [0.29, 0.717) is 0 Å². The third-order valence-electron chi connectivity index (χ3n) is 2.70. The van der Waals surface area contributed by atoms with Crippen molar-refractivity contribution < 1.29 is 0 Å². The van der Waals surface area contributed by atoms with Crippen LogP contribution in [0.5, 0.6) is 0 Å². The van der Waals surface area contributed by atoms with Gasteiger partial charge in [-0.15, -0.1) is 0 Å². The van der Waals surface area contributed by atoms with Crippen LogP contribution in [0.1, 0.15) is 13.8 Å². The highest BCUT2D eigenvalue weighted by Crippen LogP contribution is 1.96. The number of nitrogens with one attached hydrogen (secondary N) is 2. The molecule has 1 rings (SSSR count). The fraction of sp³-hybridized carbons (Fsp3) is 1.00. The molecule has 4 nitrogen and oxygen atoms in total. The van der Waals surface area contributed by atoms with Gasteiger partial charge in [0.2, 0.25) is 0 Å². The summed E-state index contributed by atoms with van der Waals surface area (Å²) >= 11 is 0. The van der Waals surface area contributed by atoms with Crippen molar-refractivity contribution in [1.29, 1.82) is 0 Å². The first-order chi connectivity index (χ1) is 6.88. The van der Waals surface area contributed by atoms with E-state index in [4.69, 9.17) is 0 Å². The van der Waals surface area contributed by atoms with Gasteiger partial charge in [-0.1, -0.05) is 13.8 Å². The maximum atomic E-state index is 3.43. The number of nitrogens with zero attached hydrogens (tertiary/aromatic N) is 2. The van der Waals surface area contributed by atoms with E-state index in [1.54, 1.807) is 0 Å². The number of hydrazine groups is 1. The maximum Gasteiger partial charge on any atom is 0.0259 e. The standard InChI is InChI=1S/C10H24N4/c1-3-13(4-2)14-9-7-11-5-6-12-8-10-14/h11-12H,3-10H2,1-2H3. The first-order valence-electron chi connectivity index (χ1n) is 5.79. The minimum Gasteiger partial charge on any atom is -0.314 e. The van der Waals surface area contributed by atoms with E-state index >= 15 is 0 Å². The van der Waals surface area contributed by atoms with Crippen LogP contribution in [-0.4, -0.2) is 62.4 Å². The fourth-order valence-electron chi connectivity index (χ4n) is 1.86. The van der Waals surface area contributed by atoms with Crippen molar-refractivity contribution in [2.75, 3.05) is 52.4 Å². The molecule has 1 heterocycles. The van der Waals surface area contributed by atoms with Crippen molar-refractivity contribution in [1.82, 2.24) is 20.7 Å². The van der Waals surface area contributed by atoms with Crippen LogP contribution in [0.3, 0.4) is 0 Å². The molecule has 0 aromatic carbocycles. The van der Waals surface area contributed by atoms with Crippen LogP contribution < -0.4 is 10.6 Å². The second-order valence-electron chi connectivity index (χ2n) is 3.59. The Kier molecular flexibility index (Phi) is 6.10. The van der Waals surface area contributed by atoms with Crippen molar-refractivity contribution >= 4 is 0 Å². The van der Waals surface area contributed by atoms with Gasteiger partial charge in [0.15, 0.2) is 0 Å². The average molecular weight is 200 g/mol. The van der Waals surface area contributed by atoms with E-state index in [2.05, 4.69) is 34.5 Å². The molecule has 4 heteroatoms. The van der Waals surface area contributed by atoms with E-state index in [0.717, 1.165) is 52.4 Å². The Labute approximate surface area is 87.6 Å². The fourth-order valence-corrected chi connectivity index (χ4v) is 1.86. The van der Waals surface area contributed by atoms with E-state index in [-0.39, 0.29) is 0 Å². The molecule has 2 N–H and O–H groups in total. The lowest BCUT2D eigenvalue weighted by Crippen LogP contribution is -2.47. The summed E-state index contributed by atoms with van der Waals surface area (Å²) < 4.78 is 0. The Hall–Kier alpha value is -0.160. The molecule has 0 amide bonds. The van der Waals surface area contributed by atoms with Crippen LogP contribution in [0.2, 0.25) is 0 Å². The second kappa shape index (κ2) is 7.17. The highest BCUT2D eigenvalue weighted by atomic mass is 15.6. The predicted octanol–water partition coefficient (Wildman–Crippen LogP) is -0.262. The lowest BCUT2D eigenvalue weighted by Gasteiger charge is -2.33. The molecule has 0 aromatic heterocycles. The van der Waals surface area contributed by atoms with Crippen molar-refractivity contribution in [3.63, 3.8) is 0 Å². The summed E-state index contributed by atoms with van der Waals surface area (Å²) in [5.41, 5.74) is 0. The lowest BCUT2D eigenvalue weighted by atomic mass is 10.5. The van der Waals surface area contributed by atoms with Gasteiger partial charge in [0.25, 0.3) is 0 Å². The van der Waals surface area contributed by atoms with Gasteiger partial charge in [-0.3, -0.25) is 0 Å². The molecule has 84 valence electrons. The minimum atomic E-state index is 1.09. The largest absolute Gasteiger partial charge is 0.314 e. The van der Waals surface area contributed by atoms with Crippen molar-refractivity contribution in [2.45, 2.75) is 13.8 Å². The Morgan fingerprint density at radius 3 is 1.86 bits per heavy atom. The SMILES string of the molecule is CCN(CC)N1CCNCCNCC1. The summed E-state index contributed by atoms with van der Waals surface area (Å²) in [5.74, 6) is 0. The topological polar surface area (TPSA) is 30.5 Å². The minimum absolute atomic E-state index is 1.09. The molecule has 0 spiro atoms. The molecule has 0 bridgehead atoms. The molecular weight excluding hydrogens is 176 g/mol. The molecule has 0 atom stereocenters. The van der Waals surface area contributed by atoms with Crippen LogP contribution >= 0.6 is 0 Å². The summed E-state index contributed by atoms with van der Waals surface area (Å²) in [5, 5.41) is 11.7. The monoisotopic (exact) mass is 200 g/mol. The molecule has 0 unspecified atom stereocenters. The van der Waals surface area contributed by atoms with Crippen LogP contribution in [-0.2, 0) is 0 Å². The van der Waals surface area contributed by atoms with Crippen LogP contribution in [0, 0.1) is 0 Å². The zero-order valence-corrected chi connectivity index (χ0v) is 9.55. The molecule has 14 heavy (non-hydrogen) atoms. The zero-order chi connectivity index (χ0) is 10.2. The summed E-state index contributed by atoms with van der Waals surface area (Å²) in [6.07, 6.45) is 0. The van der Waals surface area contributed by atoms with Gasteiger partial charge >= 0.3 is 0 Å². The first kappa shape index (κ1) is 11.9. The van der Waals surface area contributed by atoms with Gasteiger partial charge < -0.3 is 10.6 Å². The summed E-state index contributed by atoms with van der Waals surface area (Å²) in [7, 11) is 0. The Bertz CT molecular complexity index is 126. The molecule has 1 aliphatic heterocycles. The molecule has 0 radical (unpaired) electrons. The molecule has 0 aliphatic carbocycles.